The maximum absolute atomic E-state index is 5.99. The van der Waals surface area contributed by atoms with E-state index in [0.29, 0.717) is 12.0 Å². The molecule has 1 aromatic rings. The molecule has 2 bridgehead atoms. The molecule has 2 unspecified atom stereocenters. The number of hydrogen-bond acceptors (Lipinski definition) is 3. The quantitative estimate of drug-likeness (QED) is 0.852. The van der Waals surface area contributed by atoms with Crippen LogP contribution in [0.2, 0.25) is 0 Å². The first-order valence-electron chi connectivity index (χ1n) is 6.71. The lowest BCUT2D eigenvalue weighted by Gasteiger charge is -2.51. The van der Waals surface area contributed by atoms with E-state index in [4.69, 9.17) is 5.73 Å². The molecule has 17 heavy (non-hydrogen) atoms. The van der Waals surface area contributed by atoms with E-state index in [2.05, 4.69) is 16.0 Å². The summed E-state index contributed by atoms with van der Waals surface area (Å²) in [4.78, 5) is 6.86. The van der Waals surface area contributed by atoms with Gasteiger partial charge in [0, 0.05) is 18.4 Å². The number of hydrogen-bond donors (Lipinski definition) is 1. The van der Waals surface area contributed by atoms with Crippen LogP contribution in [0.3, 0.4) is 0 Å². The van der Waals surface area contributed by atoms with E-state index in [1.807, 2.05) is 18.5 Å². The Balaban J connectivity index is 1.77. The van der Waals surface area contributed by atoms with Crippen LogP contribution in [0.5, 0.6) is 0 Å². The minimum atomic E-state index is 0.650. The smallest absolute Gasteiger partial charge is 0.0300 e. The number of piperidine rings is 3. The summed E-state index contributed by atoms with van der Waals surface area (Å²) in [6.07, 6.45) is 7.66. The number of nitrogens with two attached hydrogens (primary N) is 1. The van der Waals surface area contributed by atoms with Crippen molar-refractivity contribution in [2.45, 2.75) is 25.3 Å². The molecule has 0 radical (unpaired) electrons. The third-order valence-corrected chi connectivity index (χ3v) is 4.58. The highest BCUT2D eigenvalue weighted by Crippen LogP contribution is 2.37. The minimum absolute atomic E-state index is 0.650. The van der Waals surface area contributed by atoms with E-state index < -0.39 is 0 Å². The predicted molar refractivity (Wildman–Crippen MR) is 68.6 cm³/mol. The Kier molecular flexibility index (Phi) is 3.12. The third kappa shape index (κ3) is 2.09. The molecule has 3 fully saturated rings. The highest BCUT2D eigenvalue weighted by molar-refractivity contribution is 5.12. The van der Waals surface area contributed by atoms with Crippen molar-refractivity contribution < 1.29 is 0 Å². The Labute approximate surface area is 103 Å². The highest BCUT2D eigenvalue weighted by atomic mass is 15.2. The van der Waals surface area contributed by atoms with Crippen molar-refractivity contribution in [3.8, 4) is 0 Å². The topological polar surface area (TPSA) is 42.1 Å². The van der Waals surface area contributed by atoms with Crippen LogP contribution in [0.15, 0.2) is 24.5 Å². The molecule has 3 nitrogen and oxygen atoms in total. The third-order valence-electron chi connectivity index (χ3n) is 4.58. The minimum Gasteiger partial charge on any atom is -0.330 e. The van der Waals surface area contributed by atoms with Crippen molar-refractivity contribution in [2.75, 3.05) is 19.6 Å². The van der Waals surface area contributed by atoms with Gasteiger partial charge in [-0.2, -0.15) is 0 Å². The molecule has 0 amide bonds. The van der Waals surface area contributed by atoms with Gasteiger partial charge in [0.2, 0.25) is 0 Å². The molecule has 0 aromatic carbocycles. The lowest BCUT2D eigenvalue weighted by Crippen LogP contribution is -2.57. The molecule has 0 saturated carbocycles. The summed E-state index contributed by atoms with van der Waals surface area (Å²) in [5, 5.41) is 0. The molecule has 4 rings (SSSR count). The molecule has 4 heterocycles. The van der Waals surface area contributed by atoms with Gasteiger partial charge < -0.3 is 5.73 Å². The molecular formula is C14H21N3. The second-order valence-electron chi connectivity index (χ2n) is 5.41. The van der Waals surface area contributed by atoms with Gasteiger partial charge in [-0.15, -0.1) is 0 Å². The number of nitrogens with zero attached hydrogens (tertiary/aromatic N) is 2. The Morgan fingerprint density at radius 3 is 2.82 bits per heavy atom. The van der Waals surface area contributed by atoms with E-state index >= 15 is 0 Å². The zero-order valence-corrected chi connectivity index (χ0v) is 10.3. The summed E-state index contributed by atoms with van der Waals surface area (Å²) < 4.78 is 0. The van der Waals surface area contributed by atoms with Crippen LogP contribution in [0.4, 0.5) is 0 Å². The van der Waals surface area contributed by atoms with Gasteiger partial charge in [0.05, 0.1) is 0 Å². The van der Waals surface area contributed by atoms with Crippen LogP contribution in [0.1, 0.15) is 18.4 Å². The van der Waals surface area contributed by atoms with E-state index in [1.54, 1.807) is 0 Å². The van der Waals surface area contributed by atoms with Crippen LogP contribution in [0.25, 0.3) is 0 Å². The van der Waals surface area contributed by atoms with Gasteiger partial charge >= 0.3 is 0 Å². The van der Waals surface area contributed by atoms with Crippen molar-refractivity contribution in [3.05, 3.63) is 30.1 Å². The first-order valence-corrected chi connectivity index (χ1v) is 6.71. The zero-order chi connectivity index (χ0) is 11.7. The van der Waals surface area contributed by atoms with Gasteiger partial charge in [0.1, 0.15) is 0 Å². The largest absolute Gasteiger partial charge is 0.330 e. The van der Waals surface area contributed by atoms with Gasteiger partial charge in [-0.05, 0) is 62.4 Å². The molecule has 3 aliphatic rings. The molecule has 92 valence electrons. The molecule has 0 spiro atoms. The monoisotopic (exact) mass is 231 g/mol. The van der Waals surface area contributed by atoms with Crippen molar-refractivity contribution >= 4 is 0 Å². The molecule has 2 atom stereocenters. The zero-order valence-electron chi connectivity index (χ0n) is 10.3. The molecule has 3 saturated heterocycles. The summed E-state index contributed by atoms with van der Waals surface area (Å²) in [5.74, 6) is 1.56. The van der Waals surface area contributed by atoms with Crippen LogP contribution >= 0.6 is 0 Å². The van der Waals surface area contributed by atoms with Gasteiger partial charge in [-0.3, -0.25) is 9.88 Å². The number of pyridine rings is 1. The normalized spacial score (nSPS) is 36.1. The molecule has 3 heteroatoms. The number of rotatable bonds is 3. The van der Waals surface area contributed by atoms with Gasteiger partial charge in [-0.25, -0.2) is 0 Å². The van der Waals surface area contributed by atoms with Crippen molar-refractivity contribution in [1.82, 2.24) is 9.88 Å². The van der Waals surface area contributed by atoms with Crippen molar-refractivity contribution in [2.24, 2.45) is 17.6 Å². The molecular weight excluding hydrogens is 210 g/mol. The number of fused-ring (bicyclic) bond motifs is 3. The highest BCUT2D eigenvalue weighted by Gasteiger charge is 2.40. The summed E-state index contributed by atoms with van der Waals surface area (Å²) >= 11 is 0. The van der Waals surface area contributed by atoms with E-state index in [-0.39, 0.29) is 0 Å². The standard InChI is InChI=1S/C14H21N3/c15-9-13-12-3-6-17(7-4-12)14(13)8-11-2-1-5-16-10-11/h1-2,5,10,12-14H,3-4,6-9,15H2. The van der Waals surface area contributed by atoms with Crippen LogP contribution in [-0.4, -0.2) is 35.6 Å². The molecule has 2 N–H and O–H groups in total. The van der Waals surface area contributed by atoms with Gasteiger partial charge in [0.25, 0.3) is 0 Å². The van der Waals surface area contributed by atoms with Crippen LogP contribution < -0.4 is 5.73 Å². The van der Waals surface area contributed by atoms with Crippen LogP contribution in [0, 0.1) is 11.8 Å². The molecule has 1 aromatic heterocycles. The maximum Gasteiger partial charge on any atom is 0.0300 e. The van der Waals surface area contributed by atoms with Crippen molar-refractivity contribution in [1.29, 1.82) is 0 Å². The lowest BCUT2D eigenvalue weighted by atomic mass is 9.72. The lowest BCUT2D eigenvalue weighted by molar-refractivity contribution is -0.00553. The Hall–Kier alpha value is -0.930. The summed E-state index contributed by atoms with van der Waals surface area (Å²) in [5.41, 5.74) is 7.34. The second kappa shape index (κ2) is 4.75. The first kappa shape index (κ1) is 11.2. The fourth-order valence-electron chi connectivity index (χ4n) is 3.65. The number of aromatic nitrogens is 1. The first-order chi connectivity index (χ1) is 8.38. The average molecular weight is 231 g/mol. The summed E-state index contributed by atoms with van der Waals surface area (Å²) in [7, 11) is 0. The van der Waals surface area contributed by atoms with Crippen molar-refractivity contribution in [3.63, 3.8) is 0 Å². The Bertz CT molecular complexity index is 357. The fraction of sp³-hybridized carbons (Fsp3) is 0.643. The Morgan fingerprint density at radius 2 is 2.18 bits per heavy atom. The predicted octanol–water partition coefficient (Wildman–Crippen LogP) is 1.29. The summed E-state index contributed by atoms with van der Waals surface area (Å²) in [6.45, 7) is 3.38. The fourth-order valence-corrected chi connectivity index (χ4v) is 3.65. The van der Waals surface area contributed by atoms with Gasteiger partial charge in [-0.1, -0.05) is 6.07 Å². The van der Waals surface area contributed by atoms with E-state index in [9.17, 15) is 0 Å². The summed E-state index contributed by atoms with van der Waals surface area (Å²) in [6, 6.07) is 4.87. The van der Waals surface area contributed by atoms with Crippen LogP contribution in [-0.2, 0) is 6.42 Å². The average Bonchev–Trinajstić information content (AvgIpc) is 2.41. The second-order valence-corrected chi connectivity index (χ2v) is 5.41. The molecule has 0 aliphatic carbocycles. The van der Waals surface area contributed by atoms with E-state index in [1.165, 1.54) is 31.5 Å². The van der Waals surface area contributed by atoms with Gasteiger partial charge in [0.15, 0.2) is 0 Å². The SMILES string of the molecule is NCC1C2CCN(CC2)C1Cc1cccnc1. The maximum atomic E-state index is 5.99. The Morgan fingerprint density at radius 1 is 1.35 bits per heavy atom. The van der Waals surface area contributed by atoms with E-state index in [0.717, 1.165) is 18.9 Å². The molecule has 3 aliphatic heterocycles.